The van der Waals surface area contributed by atoms with E-state index in [-0.39, 0.29) is 6.61 Å². The van der Waals surface area contributed by atoms with E-state index in [2.05, 4.69) is 21.2 Å². The minimum absolute atomic E-state index is 0.179. The van der Waals surface area contributed by atoms with Crippen molar-refractivity contribution in [2.75, 3.05) is 13.2 Å². The molecule has 1 aromatic heterocycles. The monoisotopic (exact) mass is 378 g/mol. The smallest absolute Gasteiger partial charge is 0.216 e. The number of rotatable bonds is 7. The molecule has 0 saturated carbocycles. The van der Waals surface area contributed by atoms with Crippen LogP contribution in [-0.4, -0.2) is 34.3 Å². The molecule has 27 heavy (non-hydrogen) atoms. The first-order chi connectivity index (χ1) is 13.2. The maximum atomic E-state index is 5.63. The van der Waals surface area contributed by atoms with Crippen molar-refractivity contribution in [2.24, 2.45) is 5.10 Å². The lowest BCUT2D eigenvalue weighted by atomic mass is 10.2. The maximum absolute atomic E-state index is 5.63. The van der Waals surface area contributed by atoms with Crippen molar-refractivity contribution in [1.29, 1.82) is 0 Å². The highest BCUT2D eigenvalue weighted by molar-refractivity contribution is 7.71. The van der Waals surface area contributed by atoms with Crippen LogP contribution in [0.2, 0.25) is 0 Å². The molecular formula is C20H18N4O2S. The van der Waals surface area contributed by atoms with Crippen LogP contribution in [0.1, 0.15) is 12.5 Å². The fourth-order valence-electron chi connectivity index (χ4n) is 2.41. The third kappa shape index (κ3) is 4.43. The molecule has 3 rings (SSSR count). The molecule has 0 aliphatic heterocycles. The van der Waals surface area contributed by atoms with Crippen LogP contribution < -0.4 is 9.47 Å². The number of ether oxygens (including phenoxy) is 2. The lowest BCUT2D eigenvalue weighted by Gasteiger charge is -2.10. The van der Waals surface area contributed by atoms with Crippen molar-refractivity contribution in [3.63, 3.8) is 0 Å². The van der Waals surface area contributed by atoms with Gasteiger partial charge in [0.1, 0.15) is 6.61 Å². The van der Waals surface area contributed by atoms with Gasteiger partial charge >= 0.3 is 0 Å². The van der Waals surface area contributed by atoms with Crippen molar-refractivity contribution < 1.29 is 9.47 Å². The van der Waals surface area contributed by atoms with Crippen molar-refractivity contribution in [3.05, 3.63) is 58.9 Å². The Balaban J connectivity index is 1.91. The molecule has 7 heteroatoms. The Morgan fingerprint density at radius 3 is 2.78 bits per heavy atom. The standard InChI is InChI=1S/C20H18N4O2S/c1-3-12-26-17-11-10-15(13-18(17)25-4-2)14-21-24-19(22-23-20(24)27)16-8-6-5-7-9-16/h1,5-11,13-14H,4,12H2,2H3,(H,23,27)/b21-14-. The second-order valence-electron chi connectivity index (χ2n) is 5.41. The van der Waals surface area contributed by atoms with Crippen LogP contribution in [0.15, 0.2) is 53.6 Å². The van der Waals surface area contributed by atoms with E-state index in [1.54, 1.807) is 17.0 Å². The van der Waals surface area contributed by atoms with Gasteiger partial charge in [-0.1, -0.05) is 36.3 Å². The summed E-state index contributed by atoms with van der Waals surface area (Å²) in [6.07, 6.45) is 6.94. The largest absolute Gasteiger partial charge is 0.490 e. The fourth-order valence-corrected chi connectivity index (χ4v) is 2.59. The van der Waals surface area contributed by atoms with Gasteiger partial charge in [0, 0.05) is 5.56 Å². The predicted molar refractivity (Wildman–Crippen MR) is 108 cm³/mol. The van der Waals surface area contributed by atoms with Crippen LogP contribution >= 0.6 is 12.2 Å². The highest BCUT2D eigenvalue weighted by atomic mass is 32.1. The second-order valence-corrected chi connectivity index (χ2v) is 5.79. The molecule has 0 bridgehead atoms. The first-order valence-corrected chi connectivity index (χ1v) is 8.74. The first kappa shape index (κ1) is 18.4. The molecule has 0 aliphatic rings. The molecule has 0 saturated heterocycles. The third-order valence-corrected chi connectivity index (χ3v) is 3.85. The van der Waals surface area contributed by atoms with Crippen molar-refractivity contribution in [3.8, 4) is 35.2 Å². The highest BCUT2D eigenvalue weighted by Gasteiger charge is 2.08. The van der Waals surface area contributed by atoms with Crippen LogP contribution in [0.4, 0.5) is 0 Å². The summed E-state index contributed by atoms with van der Waals surface area (Å²) in [5.74, 6) is 4.28. The van der Waals surface area contributed by atoms with Crippen LogP contribution in [0.25, 0.3) is 11.4 Å². The zero-order valence-corrected chi connectivity index (χ0v) is 15.6. The summed E-state index contributed by atoms with van der Waals surface area (Å²) in [7, 11) is 0. The van der Waals surface area contributed by atoms with Crippen LogP contribution in [0, 0.1) is 17.1 Å². The van der Waals surface area contributed by atoms with Crippen molar-refractivity contribution >= 4 is 18.4 Å². The fraction of sp³-hybridized carbons (Fsp3) is 0.150. The number of terminal acetylenes is 1. The van der Waals surface area contributed by atoms with E-state index < -0.39 is 0 Å². The molecule has 1 N–H and O–H groups in total. The van der Waals surface area contributed by atoms with E-state index in [9.17, 15) is 0 Å². The van der Waals surface area contributed by atoms with Gasteiger partial charge in [0.2, 0.25) is 4.77 Å². The van der Waals surface area contributed by atoms with Gasteiger partial charge in [0.05, 0.1) is 12.8 Å². The minimum Gasteiger partial charge on any atom is -0.490 e. The summed E-state index contributed by atoms with van der Waals surface area (Å²) in [6, 6.07) is 15.2. The SMILES string of the molecule is C#CCOc1ccc(/C=N\n2c(-c3ccccc3)n[nH]c2=S)cc1OCC. The lowest BCUT2D eigenvalue weighted by Crippen LogP contribution is -2.00. The van der Waals surface area contributed by atoms with E-state index in [4.69, 9.17) is 28.1 Å². The molecule has 0 atom stereocenters. The van der Waals surface area contributed by atoms with Crippen LogP contribution in [0.5, 0.6) is 11.5 Å². The topological polar surface area (TPSA) is 64.4 Å². The number of hydrogen-bond acceptors (Lipinski definition) is 5. The quantitative estimate of drug-likeness (QED) is 0.385. The first-order valence-electron chi connectivity index (χ1n) is 8.33. The molecule has 136 valence electrons. The summed E-state index contributed by atoms with van der Waals surface area (Å²) in [4.78, 5) is 0. The van der Waals surface area contributed by atoms with Gasteiger partial charge in [0.15, 0.2) is 17.3 Å². The molecule has 3 aromatic rings. The molecule has 0 aliphatic carbocycles. The summed E-state index contributed by atoms with van der Waals surface area (Å²) in [5.41, 5.74) is 1.74. The Bertz CT molecular complexity index is 1030. The van der Waals surface area contributed by atoms with E-state index in [0.717, 1.165) is 11.1 Å². The molecule has 0 spiro atoms. The number of hydrogen-bond donors (Lipinski definition) is 1. The molecule has 0 unspecified atom stereocenters. The minimum atomic E-state index is 0.179. The molecule has 0 radical (unpaired) electrons. The summed E-state index contributed by atoms with van der Waals surface area (Å²) < 4.78 is 13.1. The predicted octanol–water partition coefficient (Wildman–Crippen LogP) is 3.90. The van der Waals surface area contributed by atoms with E-state index >= 15 is 0 Å². The van der Waals surface area contributed by atoms with Crippen LogP contribution in [0.3, 0.4) is 0 Å². The molecular weight excluding hydrogens is 360 g/mol. The third-order valence-electron chi connectivity index (χ3n) is 3.58. The average Bonchev–Trinajstić information content (AvgIpc) is 3.07. The zero-order chi connectivity index (χ0) is 19.1. The molecule has 6 nitrogen and oxygen atoms in total. The highest BCUT2D eigenvalue weighted by Crippen LogP contribution is 2.28. The number of aromatic amines is 1. The summed E-state index contributed by atoms with van der Waals surface area (Å²) >= 11 is 5.29. The van der Waals surface area contributed by atoms with Crippen molar-refractivity contribution in [1.82, 2.24) is 14.9 Å². The molecule has 0 amide bonds. The maximum Gasteiger partial charge on any atom is 0.216 e. The molecule has 2 aromatic carbocycles. The Hall–Kier alpha value is -3.37. The molecule has 0 fully saturated rings. The van der Waals surface area contributed by atoms with E-state index in [1.807, 2.05) is 49.4 Å². The number of H-pyrrole nitrogens is 1. The Kier molecular flexibility index (Phi) is 6.02. The summed E-state index contributed by atoms with van der Waals surface area (Å²) in [5, 5.41) is 11.5. The van der Waals surface area contributed by atoms with Gasteiger partial charge in [-0.2, -0.15) is 14.9 Å². The number of nitrogens with zero attached hydrogens (tertiary/aromatic N) is 3. The lowest BCUT2D eigenvalue weighted by molar-refractivity contribution is 0.299. The normalized spacial score (nSPS) is 10.7. The number of aromatic nitrogens is 3. The van der Waals surface area contributed by atoms with E-state index in [0.29, 0.717) is 28.7 Å². The van der Waals surface area contributed by atoms with Gasteiger partial charge < -0.3 is 9.47 Å². The number of nitrogens with one attached hydrogen (secondary N) is 1. The number of benzene rings is 2. The average molecular weight is 378 g/mol. The molecule has 1 heterocycles. The van der Waals surface area contributed by atoms with Crippen molar-refractivity contribution in [2.45, 2.75) is 6.92 Å². The van der Waals surface area contributed by atoms with Gasteiger partial charge in [-0.05, 0) is 42.9 Å². The van der Waals surface area contributed by atoms with Crippen LogP contribution in [-0.2, 0) is 0 Å². The van der Waals surface area contributed by atoms with Gasteiger partial charge in [-0.3, -0.25) is 0 Å². The van der Waals surface area contributed by atoms with Gasteiger partial charge in [-0.25, -0.2) is 5.10 Å². The van der Waals surface area contributed by atoms with Gasteiger partial charge in [-0.15, -0.1) is 6.42 Å². The Labute approximate surface area is 162 Å². The second kappa shape index (κ2) is 8.83. The zero-order valence-electron chi connectivity index (χ0n) is 14.8. The Morgan fingerprint density at radius 1 is 1.22 bits per heavy atom. The summed E-state index contributed by atoms with van der Waals surface area (Å²) in [6.45, 7) is 2.60. The van der Waals surface area contributed by atoms with E-state index in [1.165, 1.54) is 0 Å². The van der Waals surface area contributed by atoms with Gasteiger partial charge in [0.25, 0.3) is 0 Å². The Morgan fingerprint density at radius 2 is 2.04 bits per heavy atom.